The molecular weight excluding hydrogens is 438 g/mol. The molecule has 1 rings (SSSR count). The Balaban J connectivity index is 2.76. The summed E-state index contributed by atoms with van der Waals surface area (Å²) in [6.45, 7) is 5.67. The Kier molecular flexibility index (Phi) is 12.8. The Morgan fingerprint density at radius 3 is 2.15 bits per heavy atom. The molecule has 0 saturated carbocycles. The minimum absolute atomic E-state index is 0.107. The van der Waals surface area contributed by atoms with Crippen LogP contribution in [0.4, 0.5) is 0 Å². The molecular formula is C24H39N5O5. The van der Waals surface area contributed by atoms with Gasteiger partial charge in [-0.3, -0.25) is 14.4 Å². The lowest BCUT2D eigenvalue weighted by Crippen LogP contribution is -2.58. The fourth-order valence-corrected chi connectivity index (χ4v) is 3.32. The highest BCUT2D eigenvalue weighted by Gasteiger charge is 2.30. The van der Waals surface area contributed by atoms with Gasteiger partial charge in [0.05, 0.1) is 6.04 Å². The lowest BCUT2D eigenvalue weighted by atomic mass is 9.97. The fraction of sp³-hybridized carbons (Fsp3) is 0.583. The Bertz CT molecular complexity index is 804. The minimum Gasteiger partial charge on any atom is -0.480 e. The molecule has 0 heterocycles. The van der Waals surface area contributed by atoms with Crippen molar-refractivity contribution in [1.82, 2.24) is 16.0 Å². The van der Waals surface area contributed by atoms with Crippen LogP contribution in [0.15, 0.2) is 30.3 Å². The van der Waals surface area contributed by atoms with Crippen molar-refractivity contribution in [3.63, 3.8) is 0 Å². The van der Waals surface area contributed by atoms with Crippen LogP contribution in [-0.2, 0) is 25.6 Å². The molecule has 0 aromatic heterocycles. The zero-order chi connectivity index (χ0) is 25.7. The highest BCUT2D eigenvalue weighted by Crippen LogP contribution is 2.10. The number of nitrogens with two attached hydrogens (primary N) is 2. The van der Waals surface area contributed by atoms with Crippen molar-refractivity contribution >= 4 is 23.7 Å². The Labute approximate surface area is 201 Å². The van der Waals surface area contributed by atoms with Gasteiger partial charge in [-0.25, -0.2) is 4.79 Å². The predicted molar refractivity (Wildman–Crippen MR) is 130 cm³/mol. The van der Waals surface area contributed by atoms with Gasteiger partial charge in [-0.15, -0.1) is 0 Å². The Morgan fingerprint density at radius 2 is 1.59 bits per heavy atom. The number of hydrogen-bond acceptors (Lipinski definition) is 6. The molecule has 0 fully saturated rings. The number of carbonyl (C=O) groups excluding carboxylic acids is 3. The summed E-state index contributed by atoms with van der Waals surface area (Å²) in [5.41, 5.74) is 12.2. The van der Waals surface area contributed by atoms with Gasteiger partial charge in [0.25, 0.3) is 0 Å². The van der Waals surface area contributed by atoms with E-state index in [1.54, 1.807) is 24.3 Å². The molecule has 0 aliphatic rings. The number of carboxylic acids is 1. The van der Waals surface area contributed by atoms with E-state index < -0.39 is 47.9 Å². The fourth-order valence-electron chi connectivity index (χ4n) is 3.32. The van der Waals surface area contributed by atoms with Crippen molar-refractivity contribution in [2.75, 3.05) is 6.54 Å². The lowest BCUT2D eigenvalue weighted by Gasteiger charge is -2.27. The molecule has 1 aromatic carbocycles. The van der Waals surface area contributed by atoms with Gasteiger partial charge in [0, 0.05) is 6.42 Å². The molecule has 0 aliphatic carbocycles. The van der Waals surface area contributed by atoms with Crippen LogP contribution in [0.2, 0.25) is 0 Å². The SMILES string of the molecule is CCC(C)C(NC(=O)C(N)CCCCN)C(=O)NC(C)C(=O)NC(Cc1ccccc1)C(=O)O. The molecule has 0 aliphatic heterocycles. The topological polar surface area (TPSA) is 177 Å². The van der Waals surface area contributed by atoms with Crippen molar-refractivity contribution in [3.8, 4) is 0 Å². The molecule has 34 heavy (non-hydrogen) atoms. The normalized spacial score (nSPS) is 15.3. The van der Waals surface area contributed by atoms with Crippen LogP contribution < -0.4 is 27.4 Å². The van der Waals surface area contributed by atoms with E-state index in [9.17, 15) is 24.3 Å². The smallest absolute Gasteiger partial charge is 0.326 e. The molecule has 190 valence electrons. The molecule has 0 radical (unpaired) electrons. The van der Waals surface area contributed by atoms with E-state index >= 15 is 0 Å². The number of hydrogen-bond donors (Lipinski definition) is 6. The summed E-state index contributed by atoms with van der Waals surface area (Å²) >= 11 is 0. The first-order valence-corrected chi connectivity index (χ1v) is 11.7. The van der Waals surface area contributed by atoms with E-state index in [0.29, 0.717) is 25.8 Å². The van der Waals surface area contributed by atoms with Crippen LogP contribution in [0, 0.1) is 5.92 Å². The van der Waals surface area contributed by atoms with E-state index in [0.717, 1.165) is 12.0 Å². The molecule has 5 unspecified atom stereocenters. The van der Waals surface area contributed by atoms with Crippen molar-refractivity contribution in [1.29, 1.82) is 0 Å². The number of unbranched alkanes of at least 4 members (excludes halogenated alkanes) is 1. The van der Waals surface area contributed by atoms with Crippen LogP contribution in [0.5, 0.6) is 0 Å². The van der Waals surface area contributed by atoms with E-state index in [1.807, 2.05) is 19.9 Å². The maximum absolute atomic E-state index is 12.9. The number of amides is 3. The molecule has 8 N–H and O–H groups in total. The standard InChI is InChI=1S/C24H39N5O5/c1-4-15(2)20(29-22(31)18(26)12-8-9-13-25)23(32)27-16(3)21(30)28-19(24(33)34)14-17-10-6-5-7-11-17/h5-7,10-11,15-16,18-20H,4,8-9,12-14,25-26H2,1-3H3,(H,27,32)(H,28,30)(H,29,31)(H,33,34). The molecule has 3 amide bonds. The number of rotatable bonds is 15. The van der Waals surface area contributed by atoms with Gasteiger partial charge in [-0.1, -0.05) is 57.0 Å². The highest BCUT2D eigenvalue weighted by molar-refractivity contribution is 5.94. The van der Waals surface area contributed by atoms with Gasteiger partial charge in [-0.2, -0.15) is 0 Å². The van der Waals surface area contributed by atoms with Crippen LogP contribution in [-0.4, -0.2) is 59.5 Å². The van der Waals surface area contributed by atoms with Crippen molar-refractivity contribution in [3.05, 3.63) is 35.9 Å². The maximum Gasteiger partial charge on any atom is 0.326 e. The summed E-state index contributed by atoms with van der Waals surface area (Å²) < 4.78 is 0. The molecule has 1 aromatic rings. The van der Waals surface area contributed by atoms with Crippen molar-refractivity contribution in [2.24, 2.45) is 17.4 Å². The van der Waals surface area contributed by atoms with E-state index in [4.69, 9.17) is 11.5 Å². The van der Waals surface area contributed by atoms with Crippen LogP contribution in [0.1, 0.15) is 52.0 Å². The Morgan fingerprint density at radius 1 is 0.941 bits per heavy atom. The predicted octanol–water partition coefficient (Wildman–Crippen LogP) is 0.290. The summed E-state index contributed by atoms with van der Waals surface area (Å²) in [7, 11) is 0. The number of carbonyl (C=O) groups is 4. The monoisotopic (exact) mass is 477 g/mol. The molecule has 10 nitrogen and oxygen atoms in total. The average molecular weight is 478 g/mol. The van der Waals surface area contributed by atoms with Gasteiger partial charge in [0.1, 0.15) is 18.1 Å². The molecule has 10 heteroatoms. The highest BCUT2D eigenvalue weighted by atomic mass is 16.4. The van der Waals surface area contributed by atoms with Gasteiger partial charge in [-0.05, 0) is 37.8 Å². The van der Waals surface area contributed by atoms with Crippen molar-refractivity contribution < 1.29 is 24.3 Å². The van der Waals surface area contributed by atoms with E-state index in [1.165, 1.54) is 6.92 Å². The first-order valence-electron chi connectivity index (χ1n) is 11.7. The van der Waals surface area contributed by atoms with Crippen LogP contribution in [0.25, 0.3) is 0 Å². The molecule has 0 bridgehead atoms. The molecule has 0 saturated heterocycles. The van der Waals surface area contributed by atoms with E-state index in [2.05, 4.69) is 16.0 Å². The number of nitrogens with one attached hydrogen (secondary N) is 3. The third-order valence-corrected chi connectivity index (χ3v) is 5.75. The molecule has 0 spiro atoms. The summed E-state index contributed by atoms with van der Waals surface area (Å²) in [5.74, 6) is -2.99. The van der Waals surface area contributed by atoms with Crippen LogP contribution >= 0.6 is 0 Å². The van der Waals surface area contributed by atoms with Crippen molar-refractivity contribution in [2.45, 2.75) is 77.0 Å². The summed E-state index contributed by atoms with van der Waals surface area (Å²) in [5, 5.41) is 17.3. The Hall–Kier alpha value is -2.98. The van der Waals surface area contributed by atoms with Gasteiger partial charge >= 0.3 is 5.97 Å². The zero-order valence-corrected chi connectivity index (χ0v) is 20.3. The number of aliphatic carboxylic acids is 1. The van der Waals surface area contributed by atoms with Gasteiger partial charge in [0.2, 0.25) is 17.7 Å². The summed E-state index contributed by atoms with van der Waals surface area (Å²) in [4.78, 5) is 49.6. The van der Waals surface area contributed by atoms with Crippen LogP contribution in [0.3, 0.4) is 0 Å². The van der Waals surface area contributed by atoms with Gasteiger partial charge in [0.15, 0.2) is 0 Å². The maximum atomic E-state index is 12.9. The second kappa shape index (κ2) is 15.0. The first kappa shape index (κ1) is 29.1. The number of carboxylic acid groups (broad SMARTS) is 1. The molecule has 5 atom stereocenters. The largest absolute Gasteiger partial charge is 0.480 e. The quantitative estimate of drug-likeness (QED) is 0.197. The van der Waals surface area contributed by atoms with E-state index in [-0.39, 0.29) is 12.3 Å². The second-order valence-corrected chi connectivity index (χ2v) is 8.58. The van der Waals surface area contributed by atoms with Gasteiger partial charge < -0.3 is 32.5 Å². The zero-order valence-electron chi connectivity index (χ0n) is 20.3. The average Bonchev–Trinajstić information content (AvgIpc) is 2.81. The summed E-state index contributed by atoms with van der Waals surface area (Å²) in [6, 6.07) is 5.13. The third kappa shape index (κ3) is 9.88. The number of benzene rings is 1. The summed E-state index contributed by atoms with van der Waals surface area (Å²) in [6.07, 6.45) is 2.63. The third-order valence-electron chi connectivity index (χ3n) is 5.75. The minimum atomic E-state index is -1.18. The lowest BCUT2D eigenvalue weighted by molar-refractivity contribution is -0.142. The second-order valence-electron chi connectivity index (χ2n) is 8.58. The first-order chi connectivity index (χ1) is 16.1.